The predicted molar refractivity (Wildman–Crippen MR) is 108 cm³/mol. The van der Waals surface area contributed by atoms with Gasteiger partial charge in [-0.05, 0) is 55.9 Å². The van der Waals surface area contributed by atoms with Crippen molar-refractivity contribution in [1.82, 2.24) is 10.6 Å². The molecule has 5 nitrogen and oxygen atoms in total. The van der Waals surface area contributed by atoms with Gasteiger partial charge in [0.05, 0.1) is 7.11 Å². The maximum Gasteiger partial charge on any atom is 0.244 e. The first-order valence-electron chi connectivity index (χ1n) is 9.96. The second-order valence-corrected chi connectivity index (χ2v) is 7.29. The molecule has 0 aliphatic heterocycles. The quantitative estimate of drug-likeness (QED) is 0.650. The van der Waals surface area contributed by atoms with Gasteiger partial charge in [-0.2, -0.15) is 0 Å². The predicted octanol–water partition coefficient (Wildman–Crippen LogP) is 3.69. The number of unbranched alkanes of at least 4 members (excludes halogenated alkanes) is 1. The zero-order valence-corrected chi connectivity index (χ0v) is 16.7. The van der Waals surface area contributed by atoms with Crippen molar-refractivity contribution in [2.24, 2.45) is 5.92 Å². The Balaban J connectivity index is 1.80. The lowest BCUT2D eigenvalue weighted by Crippen LogP contribution is -2.48. The number of nitrogens with one attached hydrogen (secondary N) is 2. The second-order valence-electron chi connectivity index (χ2n) is 7.29. The topological polar surface area (TPSA) is 67.4 Å². The highest BCUT2D eigenvalue weighted by atomic mass is 16.5. The number of benzene rings is 1. The summed E-state index contributed by atoms with van der Waals surface area (Å²) in [5.41, 5.74) is 0.896. The van der Waals surface area contributed by atoms with Crippen LogP contribution in [-0.4, -0.2) is 31.0 Å². The molecule has 0 heterocycles. The molecular formula is C22H32N2O3. The van der Waals surface area contributed by atoms with Crippen LogP contribution in [0.15, 0.2) is 30.3 Å². The molecule has 1 aliphatic carbocycles. The first kappa shape index (κ1) is 21.0. The van der Waals surface area contributed by atoms with Gasteiger partial charge in [-0.1, -0.05) is 38.3 Å². The highest BCUT2D eigenvalue weighted by Crippen LogP contribution is 2.29. The zero-order valence-electron chi connectivity index (χ0n) is 16.7. The van der Waals surface area contributed by atoms with E-state index in [1.54, 1.807) is 20.1 Å². The summed E-state index contributed by atoms with van der Waals surface area (Å²) >= 11 is 0. The standard InChI is InChI=1S/C22H32N2O3/c1-4-5-7-18-8-6-9-20(18)24-22(26)16(2)23-21(25)15-12-17-10-13-19(27-3)14-11-17/h10-16,18,20H,4-9H2,1-3H3,(H,23,25)(H,24,26)/b15-12+. The molecule has 1 fully saturated rings. The van der Waals surface area contributed by atoms with E-state index in [0.717, 1.165) is 17.7 Å². The number of hydrogen-bond acceptors (Lipinski definition) is 3. The molecule has 1 aromatic rings. The van der Waals surface area contributed by atoms with Crippen LogP contribution in [0.4, 0.5) is 0 Å². The van der Waals surface area contributed by atoms with E-state index in [2.05, 4.69) is 17.6 Å². The molecule has 1 aliphatic rings. The minimum atomic E-state index is -0.551. The molecule has 2 rings (SSSR count). The maximum atomic E-state index is 12.4. The highest BCUT2D eigenvalue weighted by Gasteiger charge is 2.29. The lowest BCUT2D eigenvalue weighted by Gasteiger charge is -2.23. The van der Waals surface area contributed by atoms with Crippen molar-refractivity contribution >= 4 is 17.9 Å². The van der Waals surface area contributed by atoms with E-state index >= 15 is 0 Å². The number of hydrogen-bond donors (Lipinski definition) is 2. The van der Waals surface area contributed by atoms with E-state index < -0.39 is 6.04 Å². The average molecular weight is 373 g/mol. The molecule has 3 unspecified atom stereocenters. The molecule has 0 saturated heterocycles. The maximum absolute atomic E-state index is 12.4. The van der Waals surface area contributed by atoms with E-state index in [1.807, 2.05) is 24.3 Å². The third-order valence-electron chi connectivity index (χ3n) is 5.21. The Morgan fingerprint density at radius 1 is 1.26 bits per heavy atom. The molecule has 0 aromatic heterocycles. The average Bonchev–Trinajstić information content (AvgIpc) is 3.11. The smallest absolute Gasteiger partial charge is 0.244 e. The summed E-state index contributed by atoms with van der Waals surface area (Å²) < 4.78 is 5.11. The Morgan fingerprint density at radius 3 is 2.67 bits per heavy atom. The van der Waals surface area contributed by atoms with Crippen LogP contribution in [0.3, 0.4) is 0 Å². The Bertz CT molecular complexity index is 639. The molecule has 0 spiro atoms. The number of ether oxygens (including phenoxy) is 1. The fourth-order valence-electron chi connectivity index (χ4n) is 3.56. The number of carbonyl (C=O) groups excluding carboxylic acids is 2. The van der Waals surface area contributed by atoms with Gasteiger partial charge in [-0.3, -0.25) is 9.59 Å². The Morgan fingerprint density at radius 2 is 2.00 bits per heavy atom. The van der Waals surface area contributed by atoms with Gasteiger partial charge < -0.3 is 15.4 Å². The van der Waals surface area contributed by atoms with Gasteiger partial charge in [0.15, 0.2) is 0 Å². The molecule has 0 bridgehead atoms. The third kappa shape index (κ3) is 6.74. The summed E-state index contributed by atoms with van der Waals surface area (Å²) in [6.45, 7) is 3.92. The van der Waals surface area contributed by atoms with Crippen LogP contribution in [0, 0.1) is 5.92 Å². The molecule has 3 atom stereocenters. The minimum absolute atomic E-state index is 0.102. The van der Waals surface area contributed by atoms with Crippen LogP contribution in [0.1, 0.15) is 57.9 Å². The van der Waals surface area contributed by atoms with Crippen molar-refractivity contribution in [1.29, 1.82) is 0 Å². The Hall–Kier alpha value is -2.30. The van der Waals surface area contributed by atoms with E-state index in [-0.39, 0.29) is 17.9 Å². The fraction of sp³-hybridized carbons (Fsp3) is 0.545. The van der Waals surface area contributed by atoms with Gasteiger partial charge in [0.1, 0.15) is 11.8 Å². The van der Waals surface area contributed by atoms with Crippen molar-refractivity contribution in [3.05, 3.63) is 35.9 Å². The molecule has 2 amide bonds. The van der Waals surface area contributed by atoms with Gasteiger partial charge in [0.25, 0.3) is 0 Å². The van der Waals surface area contributed by atoms with Crippen LogP contribution < -0.4 is 15.4 Å². The fourth-order valence-corrected chi connectivity index (χ4v) is 3.56. The Kier molecular flexibility index (Phi) is 8.37. The molecule has 148 valence electrons. The second kappa shape index (κ2) is 10.8. The number of amides is 2. The molecule has 5 heteroatoms. The summed E-state index contributed by atoms with van der Waals surface area (Å²) in [5.74, 6) is 0.967. The number of rotatable bonds is 9. The Labute approximate surface area is 162 Å². The van der Waals surface area contributed by atoms with Crippen molar-refractivity contribution in [2.75, 3.05) is 7.11 Å². The molecular weight excluding hydrogens is 340 g/mol. The van der Waals surface area contributed by atoms with Gasteiger partial charge in [-0.25, -0.2) is 0 Å². The summed E-state index contributed by atoms with van der Waals surface area (Å²) in [7, 11) is 1.61. The molecule has 0 radical (unpaired) electrons. The summed E-state index contributed by atoms with van der Waals surface area (Å²) in [6.07, 6.45) is 10.1. The van der Waals surface area contributed by atoms with Gasteiger partial charge in [-0.15, -0.1) is 0 Å². The van der Waals surface area contributed by atoms with Gasteiger partial charge >= 0.3 is 0 Å². The van der Waals surface area contributed by atoms with E-state index in [1.165, 1.54) is 38.2 Å². The number of methoxy groups -OCH3 is 1. The summed E-state index contributed by atoms with van der Waals surface area (Å²) in [5, 5.41) is 5.88. The van der Waals surface area contributed by atoms with Crippen LogP contribution in [0.5, 0.6) is 5.75 Å². The summed E-state index contributed by atoms with van der Waals surface area (Å²) in [4.78, 5) is 24.5. The van der Waals surface area contributed by atoms with Crippen molar-refractivity contribution in [3.8, 4) is 5.75 Å². The largest absolute Gasteiger partial charge is 0.497 e. The first-order valence-corrected chi connectivity index (χ1v) is 9.96. The molecule has 27 heavy (non-hydrogen) atoms. The highest BCUT2D eigenvalue weighted by molar-refractivity contribution is 5.95. The minimum Gasteiger partial charge on any atom is -0.497 e. The van der Waals surface area contributed by atoms with Crippen LogP contribution in [0.25, 0.3) is 6.08 Å². The monoisotopic (exact) mass is 372 g/mol. The molecule has 1 saturated carbocycles. The molecule has 1 aromatic carbocycles. The summed E-state index contributed by atoms with van der Waals surface area (Å²) in [6, 6.07) is 7.11. The lowest BCUT2D eigenvalue weighted by molar-refractivity contribution is -0.127. The lowest BCUT2D eigenvalue weighted by atomic mass is 9.96. The van der Waals surface area contributed by atoms with Crippen molar-refractivity contribution in [3.63, 3.8) is 0 Å². The first-order chi connectivity index (χ1) is 13.0. The van der Waals surface area contributed by atoms with E-state index in [4.69, 9.17) is 4.74 Å². The van der Waals surface area contributed by atoms with E-state index in [0.29, 0.717) is 5.92 Å². The zero-order chi connectivity index (χ0) is 19.6. The van der Waals surface area contributed by atoms with E-state index in [9.17, 15) is 9.59 Å². The normalized spacial score (nSPS) is 20.4. The van der Waals surface area contributed by atoms with Crippen LogP contribution in [-0.2, 0) is 9.59 Å². The third-order valence-corrected chi connectivity index (χ3v) is 5.21. The van der Waals surface area contributed by atoms with Gasteiger partial charge in [0.2, 0.25) is 11.8 Å². The van der Waals surface area contributed by atoms with Crippen LogP contribution in [0.2, 0.25) is 0 Å². The van der Waals surface area contributed by atoms with Gasteiger partial charge in [0, 0.05) is 12.1 Å². The van der Waals surface area contributed by atoms with Crippen LogP contribution >= 0.6 is 0 Å². The SMILES string of the molecule is CCCCC1CCCC1NC(=O)C(C)NC(=O)/C=C/c1ccc(OC)cc1. The van der Waals surface area contributed by atoms with Crippen molar-refractivity contribution in [2.45, 2.75) is 64.5 Å². The number of carbonyl (C=O) groups is 2. The van der Waals surface area contributed by atoms with Crippen molar-refractivity contribution < 1.29 is 14.3 Å². The molecule has 2 N–H and O–H groups in total.